The van der Waals surface area contributed by atoms with Gasteiger partial charge in [0.2, 0.25) is 0 Å². The first kappa shape index (κ1) is 10.6. The zero-order valence-electron chi connectivity index (χ0n) is 8.72. The summed E-state index contributed by atoms with van der Waals surface area (Å²) in [6.07, 6.45) is 0.863. The third kappa shape index (κ3) is 2.48. The zero-order chi connectivity index (χ0) is 10.8. The lowest BCUT2D eigenvalue weighted by Crippen LogP contribution is -2.42. The fourth-order valence-corrected chi connectivity index (χ4v) is 0.917. The lowest BCUT2D eigenvalue weighted by Gasteiger charge is -2.23. The lowest BCUT2D eigenvalue weighted by molar-refractivity contribution is 0.0906. The molecule has 1 amide bonds. The van der Waals surface area contributed by atoms with E-state index in [0.717, 1.165) is 6.42 Å². The third-order valence-electron chi connectivity index (χ3n) is 2.18. The highest BCUT2D eigenvalue weighted by Crippen LogP contribution is 2.09. The van der Waals surface area contributed by atoms with E-state index in [1.807, 2.05) is 20.8 Å². The van der Waals surface area contributed by atoms with E-state index in [0.29, 0.717) is 11.5 Å². The Hall–Kier alpha value is -1.52. The van der Waals surface area contributed by atoms with Crippen molar-refractivity contribution in [3.05, 3.63) is 11.8 Å². The second-order valence-electron chi connectivity index (χ2n) is 3.90. The van der Waals surface area contributed by atoms with E-state index in [1.54, 1.807) is 0 Å². The van der Waals surface area contributed by atoms with Crippen LogP contribution in [0, 0.1) is 0 Å². The molecule has 1 rings (SSSR count). The molecule has 0 aliphatic rings. The molecule has 5 nitrogen and oxygen atoms in total. The molecule has 0 radical (unpaired) electrons. The number of aromatic amines is 1. The molecule has 5 heteroatoms. The van der Waals surface area contributed by atoms with E-state index in [2.05, 4.69) is 15.5 Å². The van der Waals surface area contributed by atoms with Crippen LogP contribution in [0.15, 0.2) is 6.07 Å². The number of aromatic nitrogens is 2. The summed E-state index contributed by atoms with van der Waals surface area (Å²) in [6, 6.07) is 1.51. The maximum Gasteiger partial charge on any atom is 0.269 e. The van der Waals surface area contributed by atoms with Crippen LogP contribution in [0.3, 0.4) is 0 Å². The number of nitrogens with zero attached hydrogens (tertiary/aromatic N) is 1. The molecule has 0 aliphatic heterocycles. The minimum absolute atomic E-state index is 0.180. The van der Waals surface area contributed by atoms with Crippen LogP contribution in [0.4, 0.5) is 5.82 Å². The summed E-state index contributed by atoms with van der Waals surface area (Å²) in [4.78, 5) is 11.6. The number of nitrogen functional groups attached to an aromatic ring is 1. The van der Waals surface area contributed by atoms with Gasteiger partial charge in [0.15, 0.2) is 0 Å². The van der Waals surface area contributed by atoms with E-state index in [-0.39, 0.29) is 11.4 Å². The number of nitrogens with one attached hydrogen (secondary N) is 2. The molecular weight excluding hydrogens is 180 g/mol. The van der Waals surface area contributed by atoms with Crippen molar-refractivity contribution in [2.45, 2.75) is 32.7 Å². The van der Waals surface area contributed by atoms with Gasteiger partial charge in [-0.25, -0.2) is 0 Å². The van der Waals surface area contributed by atoms with Crippen LogP contribution in [0.5, 0.6) is 0 Å². The summed E-state index contributed by atoms with van der Waals surface area (Å²) >= 11 is 0. The van der Waals surface area contributed by atoms with Crippen molar-refractivity contribution in [1.82, 2.24) is 15.5 Å². The number of amides is 1. The quantitative estimate of drug-likeness (QED) is 0.671. The van der Waals surface area contributed by atoms with Gasteiger partial charge in [0, 0.05) is 11.6 Å². The van der Waals surface area contributed by atoms with Crippen LogP contribution in [-0.4, -0.2) is 21.6 Å². The number of carbonyl (C=O) groups is 1. The van der Waals surface area contributed by atoms with Crippen molar-refractivity contribution >= 4 is 11.7 Å². The largest absolute Gasteiger partial charge is 0.382 e. The van der Waals surface area contributed by atoms with Crippen molar-refractivity contribution in [1.29, 1.82) is 0 Å². The van der Waals surface area contributed by atoms with Gasteiger partial charge >= 0.3 is 0 Å². The van der Waals surface area contributed by atoms with Crippen LogP contribution in [-0.2, 0) is 0 Å². The van der Waals surface area contributed by atoms with Gasteiger partial charge in [-0.3, -0.25) is 9.89 Å². The van der Waals surface area contributed by atoms with Crippen molar-refractivity contribution in [3.63, 3.8) is 0 Å². The molecular formula is C9H16N4O. The van der Waals surface area contributed by atoms with Crippen molar-refractivity contribution in [2.24, 2.45) is 0 Å². The summed E-state index contributed by atoms with van der Waals surface area (Å²) < 4.78 is 0. The molecule has 0 bridgehead atoms. The van der Waals surface area contributed by atoms with E-state index < -0.39 is 0 Å². The van der Waals surface area contributed by atoms with Crippen molar-refractivity contribution < 1.29 is 4.79 Å². The highest BCUT2D eigenvalue weighted by Gasteiger charge is 2.19. The smallest absolute Gasteiger partial charge is 0.269 e. The number of carbonyl (C=O) groups excluding carboxylic acids is 1. The van der Waals surface area contributed by atoms with E-state index >= 15 is 0 Å². The Labute approximate surface area is 83.1 Å². The molecule has 1 heterocycles. The van der Waals surface area contributed by atoms with Gasteiger partial charge in [-0.05, 0) is 20.3 Å². The monoisotopic (exact) mass is 196 g/mol. The Balaban J connectivity index is 2.68. The summed E-state index contributed by atoms with van der Waals surface area (Å²) in [5.41, 5.74) is 5.57. The van der Waals surface area contributed by atoms with Gasteiger partial charge in [-0.15, -0.1) is 0 Å². The zero-order valence-corrected chi connectivity index (χ0v) is 8.72. The van der Waals surface area contributed by atoms with Crippen molar-refractivity contribution in [2.75, 3.05) is 5.73 Å². The first-order chi connectivity index (χ1) is 6.44. The first-order valence-corrected chi connectivity index (χ1v) is 4.58. The number of hydrogen-bond acceptors (Lipinski definition) is 3. The summed E-state index contributed by atoms with van der Waals surface area (Å²) in [6.45, 7) is 5.94. The maximum atomic E-state index is 11.6. The van der Waals surface area contributed by atoms with E-state index in [1.165, 1.54) is 6.07 Å². The van der Waals surface area contributed by atoms with Gasteiger partial charge < -0.3 is 11.1 Å². The Morgan fingerprint density at radius 1 is 1.71 bits per heavy atom. The van der Waals surface area contributed by atoms with Crippen LogP contribution < -0.4 is 11.1 Å². The summed E-state index contributed by atoms with van der Waals surface area (Å²) in [7, 11) is 0. The number of H-pyrrole nitrogens is 1. The highest BCUT2D eigenvalue weighted by atomic mass is 16.2. The first-order valence-electron chi connectivity index (χ1n) is 4.58. The van der Waals surface area contributed by atoms with E-state index in [4.69, 9.17) is 5.73 Å². The average molecular weight is 196 g/mol. The van der Waals surface area contributed by atoms with Gasteiger partial charge in [-0.2, -0.15) is 5.10 Å². The molecule has 14 heavy (non-hydrogen) atoms. The van der Waals surface area contributed by atoms with Crippen molar-refractivity contribution in [3.8, 4) is 0 Å². The maximum absolute atomic E-state index is 11.6. The van der Waals surface area contributed by atoms with Gasteiger partial charge in [0.1, 0.15) is 11.5 Å². The molecule has 1 aromatic heterocycles. The number of rotatable bonds is 3. The Morgan fingerprint density at radius 3 is 2.79 bits per heavy atom. The number of nitrogens with two attached hydrogens (primary N) is 1. The predicted molar refractivity (Wildman–Crippen MR) is 54.8 cm³/mol. The highest BCUT2D eigenvalue weighted by molar-refractivity contribution is 5.93. The van der Waals surface area contributed by atoms with Crippen LogP contribution in [0.1, 0.15) is 37.7 Å². The van der Waals surface area contributed by atoms with Gasteiger partial charge in [0.25, 0.3) is 5.91 Å². The predicted octanol–water partition coefficient (Wildman–Crippen LogP) is 0.910. The van der Waals surface area contributed by atoms with Crippen LogP contribution in [0.25, 0.3) is 0 Å². The van der Waals surface area contributed by atoms with E-state index in [9.17, 15) is 4.79 Å². The molecule has 0 unspecified atom stereocenters. The van der Waals surface area contributed by atoms with Gasteiger partial charge in [-0.1, -0.05) is 6.92 Å². The normalized spacial score (nSPS) is 11.4. The standard InChI is InChI=1S/C9H16N4O/c1-4-9(2,3)11-8(14)6-5-7(10)13-12-6/h5H,4H2,1-3H3,(H,11,14)(H3,10,12,13). The van der Waals surface area contributed by atoms with Crippen LogP contribution >= 0.6 is 0 Å². The molecule has 1 aromatic rings. The Kier molecular flexibility index (Phi) is 2.78. The fraction of sp³-hybridized carbons (Fsp3) is 0.556. The Bertz CT molecular complexity index is 329. The molecule has 0 aliphatic carbocycles. The minimum atomic E-state index is -0.211. The fourth-order valence-electron chi connectivity index (χ4n) is 0.917. The molecule has 0 saturated carbocycles. The van der Waals surface area contributed by atoms with Crippen LogP contribution in [0.2, 0.25) is 0 Å². The molecule has 78 valence electrons. The number of hydrogen-bond donors (Lipinski definition) is 3. The topological polar surface area (TPSA) is 83.8 Å². The molecule has 4 N–H and O–H groups in total. The SMILES string of the molecule is CCC(C)(C)NC(=O)c1cc(N)n[nH]1. The summed E-state index contributed by atoms with van der Waals surface area (Å²) in [5.74, 6) is 0.144. The lowest BCUT2D eigenvalue weighted by atomic mass is 10.0. The molecule has 0 atom stereocenters. The Morgan fingerprint density at radius 2 is 2.36 bits per heavy atom. The number of anilines is 1. The second-order valence-corrected chi connectivity index (χ2v) is 3.90. The minimum Gasteiger partial charge on any atom is -0.382 e. The van der Waals surface area contributed by atoms with Gasteiger partial charge in [0.05, 0.1) is 0 Å². The summed E-state index contributed by atoms with van der Waals surface area (Å²) in [5, 5.41) is 9.12. The second kappa shape index (κ2) is 3.69. The third-order valence-corrected chi connectivity index (χ3v) is 2.18. The average Bonchev–Trinajstić information content (AvgIpc) is 2.51. The molecule has 0 aromatic carbocycles. The molecule has 0 spiro atoms. The molecule has 0 saturated heterocycles. The molecule has 0 fully saturated rings.